The van der Waals surface area contributed by atoms with E-state index in [1.165, 1.54) is 6.26 Å². The third-order valence-electron chi connectivity index (χ3n) is 2.98. The fourth-order valence-corrected chi connectivity index (χ4v) is 2.27. The molecule has 0 fully saturated rings. The quantitative estimate of drug-likeness (QED) is 0.791. The highest BCUT2D eigenvalue weighted by molar-refractivity contribution is 6.32. The van der Waals surface area contributed by atoms with E-state index >= 15 is 0 Å². The predicted molar refractivity (Wildman–Crippen MR) is 76.0 cm³/mol. The van der Waals surface area contributed by atoms with Gasteiger partial charge in [0, 0.05) is 11.1 Å². The number of carboxylic acids is 1. The fraction of sp³-hybridized carbons (Fsp3) is 0.0667. The topological polar surface area (TPSA) is 76.5 Å². The van der Waals surface area contributed by atoms with Crippen LogP contribution in [-0.4, -0.2) is 16.2 Å². The average molecular weight is 304 g/mol. The number of rotatable bonds is 4. The first-order chi connectivity index (χ1) is 10.2. The maximum atomic E-state index is 11.1. The van der Waals surface area contributed by atoms with Gasteiger partial charge in [-0.3, -0.25) is 4.79 Å². The van der Waals surface area contributed by atoms with Crippen LogP contribution in [0.15, 0.2) is 51.6 Å². The molecule has 2 heterocycles. The SMILES string of the molecule is O=C(O)Cc1c(-c2occc2Cl)noc1-c1ccccc1. The van der Waals surface area contributed by atoms with E-state index in [2.05, 4.69) is 5.16 Å². The summed E-state index contributed by atoms with van der Waals surface area (Å²) in [5.74, 6) is -0.279. The maximum Gasteiger partial charge on any atom is 0.308 e. The minimum Gasteiger partial charge on any atom is -0.481 e. The highest BCUT2D eigenvalue weighted by Gasteiger charge is 2.24. The van der Waals surface area contributed by atoms with Gasteiger partial charge in [0.15, 0.2) is 17.2 Å². The van der Waals surface area contributed by atoms with Crippen LogP contribution in [0.1, 0.15) is 5.56 Å². The molecule has 0 aliphatic rings. The lowest BCUT2D eigenvalue weighted by Crippen LogP contribution is -2.01. The van der Waals surface area contributed by atoms with Gasteiger partial charge in [0.2, 0.25) is 0 Å². The van der Waals surface area contributed by atoms with Gasteiger partial charge < -0.3 is 14.0 Å². The van der Waals surface area contributed by atoms with Crippen LogP contribution in [0.25, 0.3) is 22.8 Å². The van der Waals surface area contributed by atoms with E-state index in [1.54, 1.807) is 6.07 Å². The Labute approximate surface area is 124 Å². The molecular formula is C15H10ClNO4. The Hall–Kier alpha value is -2.53. The molecule has 0 atom stereocenters. The zero-order valence-electron chi connectivity index (χ0n) is 10.7. The standard InChI is InChI=1S/C15H10ClNO4/c16-11-6-7-20-15(11)13-10(8-12(18)19)14(21-17-13)9-4-2-1-3-5-9/h1-7H,8H2,(H,18,19). The summed E-state index contributed by atoms with van der Waals surface area (Å²) in [7, 11) is 0. The summed E-state index contributed by atoms with van der Waals surface area (Å²) in [4.78, 5) is 11.1. The van der Waals surface area contributed by atoms with Gasteiger partial charge in [0.05, 0.1) is 17.7 Å². The molecule has 21 heavy (non-hydrogen) atoms. The van der Waals surface area contributed by atoms with Crippen molar-refractivity contribution < 1.29 is 18.8 Å². The van der Waals surface area contributed by atoms with E-state index in [-0.39, 0.29) is 6.42 Å². The van der Waals surface area contributed by atoms with Gasteiger partial charge in [0.1, 0.15) is 0 Å². The van der Waals surface area contributed by atoms with Crippen LogP contribution in [-0.2, 0) is 11.2 Å². The van der Waals surface area contributed by atoms with Crippen molar-refractivity contribution in [1.82, 2.24) is 5.16 Å². The molecule has 0 spiro atoms. The number of aliphatic carboxylic acids is 1. The average Bonchev–Trinajstić information content (AvgIpc) is 3.05. The molecule has 0 radical (unpaired) electrons. The Morgan fingerprint density at radius 2 is 1.95 bits per heavy atom. The molecule has 0 saturated heterocycles. The molecule has 0 unspecified atom stereocenters. The Morgan fingerprint density at radius 3 is 2.57 bits per heavy atom. The molecule has 1 aromatic carbocycles. The summed E-state index contributed by atoms with van der Waals surface area (Å²) >= 11 is 6.02. The van der Waals surface area contributed by atoms with Gasteiger partial charge in [0.25, 0.3) is 0 Å². The molecule has 3 aromatic rings. The molecule has 1 N–H and O–H groups in total. The monoisotopic (exact) mass is 303 g/mol. The molecule has 0 aliphatic carbocycles. The molecule has 5 nitrogen and oxygen atoms in total. The molecule has 3 rings (SSSR count). The molecule has 0 amide bonds. The Balaban J connectivity index is 2.16. The number of carboxylic acid groups (broad SMARTS) is 1. The first-order valence-electron chi connectivity index (χ1n) is 6.16. The zero-order chi connectivity index (χ0) is 14.8. The van der Waals surface area contributed by atoms with Crippen LogP contribution >= 0.6 is 11.6 Å². The Morgan fingerprint density at radius 1 is 1.19 bits per heavy atom. The third kappa shape index (κ3) is 2.55. The van der Waals surface area contributed by atoms with Crippen LogP contribution in [0.5, 0.6) is 0 Å². The molecule has 2 aromatic heterocycles. The van der Waals surface area contributed by atoms with Gasteiger partial charge in [-0.2, -0.15) is 0 Å². The van der Waals surface area contributed by atoms with Crippen molar-refractivity contribution >= 4 is 17.6 Å². The number of aromatic nitrogens is 1. The first-order valence-corrected chi connectivity index (χ1v) is 6.53. The second kappa shape index (κ2) is 5.46. The number of carbonyl (C=O) groups is 1. The first kappa shape index (κ1) is 13.5. The second-order valence-corrected chi connectivity index (χ2v) is 4.78. The molecule has 106 valence electrons. The van der Waals surface area contributed by atoms with Gasteiger partial charge in [-0.25, -0.2) is 0 Å². The van der Waals surface area contributed by atoms with Gasteiger partial charge in [-0.15, -0.1) is 0 Å². The molecule has 0 aliphatic heterocycles. The minimum atomic E-state index is -0.987. The van der Waals surface area contributed by atoms with Crippen molar-refractivity contribution in [2.45, 2.75) is 6.42 Å². The smallest absolute Gasteiger partial charge is 0.308 e. The van der Waals surface area contributed by atoms with E-state index < -0.39 is 5.97 Å². The molecule has 0 bridgehead atoms. The van der Waals surface area contributed by atoms with Gasteiger partial charge in [-0.1, -0.05) is 47.1 Å². The van der Waals surface area contributed by atoms with Crippen molar-refractivity contribution in [1.29, 1.82) is 0 Å². The lowest BCUT2D eigenvalue weighted by atomic mass is 10.0. The summed E-state index contributed by atoms with van der Waals surface area (Å²) in [5, 5.41) is 13.4. The molecule has 0 saturated carbocycles. The Kier molecular flexibility index (Phi) is 3.50. The predicted octanol–water partition coefficient (Wildman–Crippen LogP) is 3.88. The van der Waals surface area contributed by atoms with Crippen molar-refractivity contribution in [3.63, 3.8) is 0 Å². The second-order valence-electron chi connectivity index (χ2n) is 4.37. The fourth-order valence-electron chi connectivity index (χ4n) is 2.08. The van der Waals surface area contributed by atoms with Crippen molar-refractivity contribution in [3.05, 3.63) is 53.2 Å². The van der Waals surface area contributed by atoms with Crippen LogP contribution in [0, 0.1) is 0 Å². The van der Waals surface area contributed by atoms with E-state index in [0.29, 0.717) is 27.8 Å². The van der Waals surface area contributed by atoms with Gasteiger partial charge >= 0.3 is 5.97 Å². The number of hydrogen-bond donors (Lipinski definition) is 1. The lowest BCUT2D eigenvalue weighted by molar-refractivity contribution is -0.136. The minimum absolute atomic E-state index is 0.236. The van der Waals surface area contributed by atoms with Crippen molar-refractivity contribution in [3.8, 4) is 22.8 Å². The van der Waals surface area contributed by atoms with Crippen molar-refractivity contribution in [2.75, 3.05) is 0 Å². The van der Waals surface area contributed by atoms with E-state index in [1.807, 2.05) is 30.3 Å². The summed E-state index contributed by atoms with van der Waals surface area (Å²) in [6, 6.07) is 10.7. The number of furan rings is 1. The summed E-state index contributed by atoms with van der Waals surface area (Å²) in [6.45, 7) is 0. The van der Waals surface area contributed by atoms with E-state index in [4.69, 9.17) is 25.6 Å². The largest absolute Gasteiger partial charge is 0.481 e. The summed E-state index contributed by atoms with van der Waals surface area (Å²) < 4.78 is 10.6. The van der Waals surface area contributed by atoms with Crippen LogP contribution < -0.4 is 0 Å². The van der Waals surface area contributed by atoms with Crippen LogP contribution in [0.4, 0.5) is 0 Å². The zero-order valence-corrected chi connectivity index (χ0v) is 11.5. The highest BCUT2D eigenvalue weighted by atomic mass is 35.5. The van der Waals surface area contributed by atoms with E-state index in [9.17, 15) is 4.79 Å². The maximum absolute atomic E-state index is 11.1. The lowest BCUT2D eigenvalue weighted by Gasteiger charge is -2.00. The number of benzene rings is 1. The van der Waals surface area contributed by atoms with E-state index in [0.717, 1.165) is 5.56 Å². The third-order valence-corrected chi connectivity index (χ3v) is 3.28. The summed E-state index contributed by atoms with van der Waals surface area (Å²) in [6.07, 6.45) is 1.18. The number of halogens is 1. The summed E-state index contributed by atoms with van der Waals surface area (Å²) in [5.41, 5.74) is 1.49. The van der Waals surface area contributed by atoms with Gasteiger partial charge in [-0.05, 0) is 6.07 Å². The molecule has 6 heteroatoms. The Bertz CT molecular complexity index is 776. The number of nitrogens with zero attached hydrogens (tertiary/aromatic N) is 1. The normalized spacial score (nSPS) is 10.7. The van der Waals surface area contributed by atoms with Crippen LogP contribution in [0.3, 0.4) is 0 Å². The number of hydrogen-bond acceptors (Lipinski definition) is 4. The van der Waals surface area contributed by atoms with Crippen molar-refractivity contribution in [2.24, 2.45) is 0 Å². The van der Waals surface area contributed by atoms with Crippen LogP contribution in [0.2, 0.25) is 5.02 Å². The highest BCUT2D eigenvalue weighted by Crippen LogP contribution is 2.36. The molecular weight excluding hydrogens is 294 g/mol.